The second-order valence-corrected chi connectivity index (χ2v) is 12.1. The molecule has 0 aromatic heterocycles. The van der Waals surface area contributed by atoms with Gasteiger partial charge in [-0.3, -0.25) is 13.9 Å². The van der Waals surface area contributed by atoms with Crippen molar-refractivity contribution >= 4 is 39.1 Å². The number of alkyl halides is 3. The van der Waals surface area contributed by atoms with Crippen molar-refractivity contribution < 1.29 is 35.6 Å². The highest BCUT2D eigenvalue weighted by atomic mass is 35.5. The summed E-state index contributed by atoms with van der Waals surface area (Å²) in [6, 6.07) is 13.4. The third kappa shape index (κ3) is 8.47. The van der Waals surface area contributed by atoms with Gasteiger partial charge in [0.05, 0.1) is 21.2 Å². The number of sulfonamides is 1. The topological polar surface area (TPSA) is 86.8 Å². The van der Waals surface area contributed by atoms with Gasteiger partial charge in [-0.2, -0.15) is 13.2 Å². The van der Waals surface area contributed by atoms with Crippen LogP contribution in [0.2, 0.25) is 5.02 Å². The standard InChI is InChI=1S/C30H32ClF4N3O4S/c1-4-20(3)36-29(40)27(5-2)37(18-21-11-13-22(32)14-12-21)28(39)19-38(43(41,42)24-9-7-6-8-10-24)23-15-16-26(31)25(17-23)30(33,34)35/h6-17,20,27H,4-5,18-19H2,1-3H3,(H,36,40)/t20-,27-/m1/s1. The summed E-state index contributed by atoms with van der Waals surface area (Å²) in [7, 11) is -4.59. The Labute approximate surface area is 253 Å². The monoisotopic (exact) mass is 641 g/mol. The zero-order chi connectivity index (χ0) is 31.9. The number of benzene rings is 3. The molecule has 7 nitrogen and oxygen atoms in total. The van der Waals surface area contributed by atoms with E-state index in [9.17, 15) is 35.6 Å². The lowest BCUT2D eigenvalue weighted by Gasteiger charge is -2.34. The molecule has 0 aliphatic heterocycles. The minimum atomic E-state index is -4.91. The van der Waals surface area contributed by atoms with Gasteiger partial charge in [-0.1, -0.05) is 55.8 Å². The average Bonchev–Trinajstić information content (AvgIpc) is 2.96. The minimum absolute atomic E-state index is 0.139. The molecule has 2 atom stereocenters. The molecule has 2 amide bonds. The number of carbonyl (C=O) groups is 2. The van der Waals surface area contributed by atoms with Gasteiger partial charge >= 0.3 is 6.18 Å². The van der Waals surface area contributed by atoms with Crippen LogP contribution >= 0.6 is 11.6 Å². The Morgan fingerprint density at radius 2 is 1.58 bits per heavy atom. The van der Waals surface area contributed by atoms with Gasteiger partial charge in [-0.05, 0) is 67.8 Å². The van der Waals surface area contributed by atoms with Crippen molar-refractivity contribution in [1.29, 1.82) is 0 Å². The number of hydrogen-bond acceptors (Lipinski definition) is 4. The molecule has 3 aromatic rings. The van der Waals surface area contributed by atoms with Gasteiger partial charge in [0.25, 0.3) is 10.0 Å². The normalized spacial score (nSPS) is 13.2. The van der Waals surface area contributed by atoms with E-state index in [0.29, 0.717) is 22.4 Å². The summed E-state index contributed by atoms with van der Waals surface area (Å²) in [4.78, 5) is 28.2. The van der Waals surface area contributed by atoms with Crippen molar-refractivity contribution in [2.24, 2.45) is 0 Å². The molecule has 13 heteroatoms. The molecule has 0 spiro atoms. The number of nitrogens with zero attached hydrogens (tertiary/aromatic N) is 2. The molecule has 0 heterocycles. The predicted molar refractivity (Wildman–Crippen MR) is 156 cm³/mol. The summed E-state index contributed by atoms with van der Waals surface area (Å²) in [5, 5.41) is 2.17. The lowest BCUT2D eigenvalue weighted by atomic mass is 10.1. The maximum absolute atomic E-state index is 14.0. The smallest absolute Gasteiger partial charge is 0.352 e. The first-order valence-electron chi connectivity index (χ1n) is 13.5. The second-order valence-electron chi connectivity index (χ2n) is 9.88. The van der Waals surface area contributed by atoms with Crippen LogP contribution in [0.3, 0.4) is 0 Å². The molecule has 0 saturated carbocycles. The Bertz CT molecular complexity index is 1520. The zero-order valence-electron chi connectivity index (χ0n) is 23.7. The van der Waals surface area contributed by atoms with Crippen molar-refractivity contribution in [3.63, 3.8) is 0 Å². The van der Waals surface area contributed by atoms with E-state index in [-0.39, 0.29) is 23.9 Å². The predicted octanol–water partition coefficient (Wildman–Crippen LogP) is 6.42. The first kappa shape index (κ1) is 33.9. The van der Waals surface area contributed by atoms with Crippen LogP contribution in [0.1, 0.15) is 44.7 Å². The molecule has 0 aliphatic rings. The molecule has 0 aliphatic carbocycles. The van der Waals surface area contributed by atoms with E-state index in [2.05, 4.69) is 5.32 Å². The van der Waals surface area contributed by atoms with Gasteiger partial charge in [-0.25, -0.2) is 12.8 Å². The Morgan fingerprint density at radius 3 is 2.14 bits per heavy atom. The SMILES string of the molecule is CC[C@@H](C)NC(=O)[C@@H](CC)N(Cc1ccc(F)cc1)C(=O)CN(c1ccc(Cl)c(C(F)(F)F)c1)S(=O)(=O)c1ccccc1. The third-order valence-electron chi connectivity index (χ3n) is 6.81. The molecule has 232 valence electrons. The van der Waals surface area contributed by atoms with Crippen LogP contribution in [0.5, 0.6) is 0 Å². The molecule has 3 aromatic carbocycles. The van der Waals surface area contributed by atoms with Gasteiger partial charge < -0.3 is 10.2 Å². The number of anilines is 1. The van der Waals surface area contributed by atoms with E-state index in [0.717, 1.165) is 17.0 Å². The largest absolute Gasteiger partial charge is 0.417 e. The molecule has 0 saturated heterocycles. The molecular formula is C30H32ClF4N3O4S. The lowest BCUT2D eigenvalue weighted by Crippen LogP contribution is -2.53. The Hall–Kier alpha value is -3.64. The average molecular weight is 642 g/mol. The molecule has 0 bridgehead atoms. The number of rotatable bonds is 12. The number of carbonyl (C=O) groups excluding carboxylic acids is 2. The van der Waals surface area contributed by atoms with Crippen LogP contribution < -0.4 is 9.62 Å². The molecule has 3 rings (SSSR count). The van der Waals surface area contributed by atoms with E-state index in [4.69, 9.17) is 11.6 Å². The van der Waals surface area contributed by atoms with Crippen molar-refractivity contribution in [3.05, 3.63) is 94.8 Å². The first-order chi connectivity index (χ1) is 20.2. The third-order valence-corrected chi connectivity index (χ3v) is 8.92. The molecule has 0 radical (unpaired) electrons. The lowest BCUT2D eigenvalue weighted by molar-refractivity contribution is -0.140. The van der Waals surface area contributed by atoms with Gasteiger partial charge in [0.2, 0.25) is 11.8 Å². The van der Waals surface area contributed by atoms with Crippen LogP contribution in [-0.2, 0) is 32.3 Å². The maximum atomic E-state index is 14.0. The zero-order valence-corrected chi connectivity index (χ0v) is 25.3. The number of hydrogen-bond donors (Lipinski definition) is 1. The van der Waals surface area contributed by atoms with Gasteiger partial charge in [0.1, 0.15) is 18.4 Å². The van der Waals surface area contributed by atoms with Crippen LogP contribution in [0, 0.1) is 5.82 Å². The highest BCUT2D eigenvalue weighted by Gasteiger charge is 2.37. The molecule has 1 N–H and O–H groups in total. The van der Waals surface area contributed by atoms with E-state index in [1.807, 2.05) is 6.92 Å². The highest BCUT2D eigenvalue weighted by molar-refractivity contribution is 7.92. The molecular weight excluding hydrogens is 610 g/mol. The molecule has 0 unspecified atom stereocenters. The fourth-order valence-corrected chi connectivity index (χ4v) is 5.93. The van der Waals surface area contributed by atoms with E-state index < -0.39 is 62.7 Å². The Balaban J connectivity index is 2.13. The Morgan fingerprint density at radius 1 is 0.953 bits per heavy atom. The van der Waals surface area contributed by atoms with E-state index in [1.54, 1.807) is 19.9 Å². The quantitative estimate of drug-likeness (QED) is 0.232. The van der Waals surface area contributed by atoms with Crippen molar-refractivity contribution in [3.8, 4) is 0 Å². The van der Waals surface area contributed by atoms with Crippen molar-refractivity contribution in [2.75, 3.05) is 10.8 Å². The van der Waals surface area contributed by atoms with Gasteiger partial charge in [0, 0.05) is 12.6 Å². The van der Waals surface area contributed by atoms with Crippen molar-refractivity contribution in [1.82, 2.24) is 10.2 Å². The maximum Gasteiger partial charge on any atom is 0.417 e. The molecule has 0 fully saturated rings. The number of nitrogens with one attached hydrogen (secondary N) is 1. The molecule has 43 heavy (non-hydrogen) atoms. The minimum Gasteiger partial charge on any atom is -0.352 e. The van der Waals surface area contributed by atoms with Crippen molar-refractivity contribution in [2.45, 2.75) is 63.3 Å². The summed E-state index contributed by atoms with van der Waals surface area (Å²) in [5.41, 5.74) is -1.28. The van der Waals surface area contributed by atoms with Gasteiger partial charge in [0.15, 0.2) is 0 Å². The summed E-state index contributed by atoms with van der Waals surface area (Å²) in [6.07, 6.45) is -4.16. The summed E-state index contributed by atoms with van der Waals surface area (Å²) < 4.78 is 83.0. The number of halogens is 5. The summed E-state index contributed by atoms with van der Waals surface area (Å²) in [5.74, 6) is -1.87. The van der Waals surface area contributed by atoms with Crippen LogP contribution in [0.4, 0.5) is 23.2 Å². The van der Waals surface area contributed by atoms with E-state index >= 15 is 0 Å². The van der Waals surface area contributed by atoms with Crippen LogP contribution in [0.25, 0.3) is 0 Å². The number of amides is 2. The summed E-state index contributed by atoms with van der Waals surface area (Å²) >= 11 is 5.79. The van der Waals surface area contributed by atoms with E-state index in [1.165, 1.54) is 48.5 Å². The fourth-order valence-electron chi connectivity index (χ4n) is 4.28. The second kappa shape index (κ2) is 14.2. The Kier molecular flexibility index (Phi) is 11.2. The van der Waals surface area contributed by atoms with Crippen LogP contribution in [0.15, 0.2) is 77.7 Å². The van der Waals surface area contributed by atoms with Gasteiger partial charge in [-0.15, -0.1) is 0 Å². The highest BCUT2D eigenvalue weighted by Crippen LogP contribution is 2.38. The summed E-state index contributed by atoms with van der Waals surface area (Å²) in [6.45, 7) is 4.17. The van der Waals surface area contributed by atoms with Crippen LogP contribution in [-0.4, -0.2) is 43.8 Å². The first-order valence-corrected chi connectivity index (χ1v) is 15.3. The fraction of sp³-hybridized carbons (Fsp3) is 0.333.